The first-order valence-corrected chi connectivity index (χ1v) is 22.3. The van der Waals surface area contributed by atoms with Gasteiger partial charge in [0.15, 0.2) is 0 Å². The van der Waals surface area contributed by atoms with E-state index in [1.807, 2.05) is 31.2 Å². The quantitative estimate of drug-likeness (QED) is 0.114. The molecule has 5 nitrogen and oxygen atoms in total. The standard InChI is InChI=1S/C61H46N4O/c1-3-5-21-44(4-2)62(45-22-11-6-12-23-45)53-33-37-55-57-41-51(35-39-60(57)66-61(55)43-53)64(48-28-17-9-18-29-48)52-32-36-54-56-40-50(63(46-24-13-7-14-25-46)47-26-15-8-16-27-47)34-38-58(56)65(59(54)42-52)49-30-19-10-20-31-49/h3-43H,2H2,1H3/b5-3-,44-21+. The van der Waals surface area contributed by atoms with Crippen LogP contribution in [-0.2, 0) is 0 Å². The largest absolute Gasteiger partial charge is 0.456 e. The predicted molar refractivity (Wildman–Crippen MR) is 279 cm³/mol. The highest BCUT2D eigenvalue weighted by Gasteiger charge is 2.22. The first-order valence-electron chi connectivity index (χ1n) is 22.3. The minimum absolute atomic E-state index is 0.813. The van der Waals surface area contributed by atoms with Crippen LogP contribution in [-0.4, -0.2) is 4.57 Å². The molecule has 0 fully saturated rings. The molecule has 66 heavy (non-hydrogen) atoms. The summed E-state index contributed by atoms with van der Waals surface area (Å²) in [5, 5.41) is 4.44. The highest BCUT2D eigenvalue weighted by molar-refractivity contribution is 6.12. The maximum atomic E-state index is 6.65. The number of allylic oxidation sites excluding steroid dienone is 4. The van der Waals surface area contributed by atoms with E-state index in [1.165, 1.54) is 10.8 Å². The SMILES string of the molecule is C=C/C(=C\C=C/C)N(c1ccccc1)c1ccc2c(c1)oc1ccc(N(c3ccccc3)c3ccc4c5cc(N(c6ccccc6)c6ccccc6)ccc5n(-c5ccccc5)c4c3)cc12. The molecule has 0 bridgehead atoms. The van der Waals surface area contributed by atoms with Crippen molar-refractivity contribution in [3.8, 4) is 5.69 Å². The van der Waals surface area contributed by atoms with Crippen molar-refractivity contribution in [2.24, 2.45) is 0 Å². The molecule has 0 atom stereocenters. The molecule has 0 aliphatic carbocycles. The van der Waals surface area contributed by atoms with Gasteiger partial charge in [-0.15, -0.1) is 0 Å². The van der Waals surface area contributed by atoms with E-state index in [1.54, 1.807) is 0 Å². The molecular formula is C61H46N4O. The number of aromatic nitrogens is 1. The van der Waals surface area contributed by atoms with E-state index in [9.17, 15) is 0 Å². The van der Waals surface area contributed by atoms with Gasteiger partial charge in [-0.3, -0.25) is 0 Å². The van der Waals surface area contributed by atoms with Crippen molar-refractivity contribution in [2.75, 3.05) is 14.7 Å². The Morgan fingerprint density at radius 3 is 1.53 bits per heavy atom. The molecule has 2 heterocycles. The molecule has 0 aliphatic rings. The Bertz CT molecular complexity index is 3520. The Hall–Kier alpha value is -8.80. The number of benzene rings is 9. The van der Waals surface area contributed by atoms with Gasteiger partial charge in [-0.2, -0.15) is 0 Å². The molecule has 0 saturated heterocycles. The molecule has 0 amide bonds. The van der Waals surface area contributed by atoms with Crippen molar-refractivity contribution in [3.05, 3.63) is 261 Å². The minimum Gasteiger partial charge on any atom is -0.456 e. The third-order valence-corrected chi connectivity index (χ3v) is 12.2. The van der Waals surface area contributed by atoms with Crippen LogP contribution in [0.25, 0.3) is 49.4 Å². The molecule has 2 aromatic heterocycles. The van der Waals surface area contributed by atoms with E-state index in [0.29, 0.717) is 0 Å². The Kier molecular flexibility index (Phi) is 10.5. The van der Waals surface area contributed by atoms with Crippen LogP contribution in [0.3, 0.4) is 0 Å². The van der Waals surface area contributed by atoms with Gasteiger partial charge in [0.05, 0.1) is 11.0 Å². The van der Waals surface area contributed by atoms with Crippen LogP contribution in [0, 0.1) is 0 Å². The zero-order valence-corrected chi connectivity index (χ0v) is 36.6. The number of furan rings is 1. The molecule has 9 aromatic carbocycles. The Balaban J connectivity index is 1.06. The molecule has 5 heteroatoms. The lowest BCUT2D eigenvalue weighted by molar-refractivity contribution is 0.669. The van der Waals surface area contributed by atoms with E-state index < -0.39 is 0 Å². The van der Waals surface area contributed by atoms with Crippen molar-refractivity contribution in [1.29, 1.82) is 0 Å². The first-order chi connectivity index (χ1) is 32.7. The molecular weight excluding hydrogens is 805 g/mol. The first kappa shape index (κ1) is 40.0. The third kappa shape index (κ3) is 7.28. The average Bonchev–Trinajstić information content (AvgIpc) is 3.91. The molecule has 0 radical (unpaired) electrons. The molecule has 11 rings (SSSR count). The van der Waals surface area contributed by atoms with Gasteiger partial charge in [0.2, 0.25) is 0 Å². The average molecular weight is 851 g/mol. The van der Waals surface area contributed by atoms with Crippen molar-refractivity contribution < 1.29 is 4.42 Å². The number of fused-ring (bicyclic) bond motifs is 6. The number of anilines is 8. The molecule has 0 N–H and O–H groups in total. The molecule has 0 saturated carbocycles. The van der Waals surface area contributed by atoms with Gasteiger partial charge < -0.3 is 23.7 Å². The van der Waals surface area contributed by atoms with E-state index in [2.05, 4.69) is 250 Å². The summed E-state index contributed by atoms with van der Waals surface area (Å²) in [6.45, 7) is 6.18. The van der Waals surface area contributed by atoms with Crippen molar-refractivity contribution >= 4 is 89.2 Å². The monoisotopic (exact) mass is 850 g/mol. The van der Waals surface area contributed by atoms with Crippen LogP contribution in [0.4, 0.5) is 45.5 Å². The van der Waals surface area contributed by atoms with E-state index >= 15 is 0 Å². The fraction of sp³-hybridized carbons (Fsp3) is 0.0164. The summed E-state index contributed by atoms with van der Waals surface area (Å²) in [4.78, 5) is 6.88. The van der Waals surface area contributed by atoms with Crippen molar-refractivity contribution in [3.63, 3.8) is 0 Å². The van der Waals surface area contributed by atoms with E-state index in [4.69, 9.17) is 4.42 Å². The number of rotatable bonds is 12. The fourth-order valence-electron chi connectivity index (χ4n) is 9.24. The lowest BCUT2D eigenvalue weighted by Crippen LogP contribution is -2.14. The van der Waals surface area contributed by atoms with Crippen LogP contribution < -0.4 is 14.7 Å². The summed E-state index contributed by atoms with van der Waals surface area (Å²) >= 11 is 0. The predicted octanol–water partition coefficient (Wildman–Crippen LogP) is 17.4. The van der Waals surface area contributed by atoms with E-state index in [0.717, 1.165) is 89.9 Å². The van der Waals surface area contributed by atoms with Gasteiger partial charge in [0.1, 0.15) is 11.2 Å². The van der Waals surface area contributed by atoms with Crippen molar-refractivity contribution in [1.82, 2.24) is 4.57 Å². The highest BCUT2D eigenvalue weighted by atomic mass is 16.3. The Morgan fingerprint density at radius 1 is 0.424 bits per heavy atom. The highest BCUT2D eigenvalue weighted by Crippen LogP contribution is 2.44. The smallest absolute Gasteiger partial charge is 0.137 e. The summed E-state index contributed by atoms with van der Waals surface area (Å²) in [7, 11) is 0. The topological polar surface area (TPSA) is 27.8 Å². The molecule has 0 aliphatic heterocycles. The summed E-state index contributed by atoms with van der Waals surface area (Å²) in [6.07, 6.45) is 8.02. The lowest BCUT2D eigenvalue weighted by atomic mass is 10.1. The van der Waals surface area contributed by atoms with Crippen molar-refractivity contribution in [2.45, 2.75) is 6.92 Å². The third-order valence-electron chi connectivity index (χ3n) is 12.2. The summed E-state index contributed by atoms with van der Waals surface area (Å²) in [6, 6.07) is 79.5. The van der Waals surface area contributed by atoms with Gasteiger partial charge in [-0.1, -0.05) is 116 Å². The number of nitrogens with zero attached hydrogens (tertiary/aromatic N) is 4. The van der Waals surface area contributed by atoms with Crippen LogP contribution >= 0.6 is 0 Å². The zero-order chi connectivity index (χ0) is 44.4. The molecule has 316 valence electrons. The number of hydrogen-bond donors (Lipinski definition) is 0. The van der Waals surface area contributed by atoms with Gasteiger partial charge in [0.25, 0.3) is 0 Å². The molecule has 0 unspecified atom stereocenters. The van der Waals surface area contributed by atoms with Gasteiger partial charge >= 0.3 is 0 Å². The van der Waals surface area contributed by atoms with E-state index in [-0.39, 0.29) is 0 Å². The van der Waals surface area contributed by atoms with Gasteiger partial charge in [-0.25, -0.2) is 0 Å². The normalized spacial score (nSPS) is 11.8. The second-order valence-corrected chi connectivity index (χ2v) is 16.2. The van der Waals surface area contributed by atoms with Crippen LogP contribution in [0.1, 0.15) is 6.92 Å². The summed E-state index contributed by atoms with van der Waals surface area (Å²) in [5.41, 5.74) is 14.4. The van der Waals surface area contributed by atoms with Gasteiger partial charge in [0, 0.05) is 84.5 Å². The molecule has 0 spiro atoms. The fourth-order valence-corrected chi connectivity index (χ4v) is 9.24. The number of hydrogen-bond acceptors (Lipinski definition) is 4. The Morgan fingerprint density at radius 2 is 0.924 bits per heavy atom. The molecule has 11 aromatic rings. The van der Waals surface area contributed by atoms with Crippen LogP contribution in [0.15, 0.2) is 265 Å². The second-order valence-electron chi connectivity index (χ2n) is 16.2. The van der Waals surface area contributed by atoms with Crippen LogP contribution in [0.5, 0.6) is 0 Å². The maximum absolute atomic E-state index is 6.65. The van der Waals surface area contributed by atoms with Crippen LogP contribution in [0.2, 0.25) is 0 Å². The summed E-state index contributed by atoms with van der Waals surface area (Å²) in [5.74, 6) is 0. The zero-order valence-electron chi connectivity index (χ0n) is 36.6. The lowest BCUT2D eigenvalue weighted by Gasteiger charge is -2.26. The maximum Gasteiger partial charge on any atom is 0.137 e. The number of para-hydroxylation sites is 5. The Labute approximate surface area is 384 Å². The summed E-state index contributed by atoms with van der Waals surface area (Å²) < 4.78 is 9.04. The second kappa shape index (κ2) is 17.4. The van der Waals surface area contributed by atoms with Gasteiger partial charge in [-0.05, 0) is 140 Å². The minimum atomic E-state index is 0.813.